The van der Waals surface area contributed by atoms with Gasteiger partial charge in [0.2, 0.25) is 5.88 Å². The summed E-state index contributed by atoms with van der Waals surface area (Å²) < 4.78 is 5.64. The summed E-state index contributed by atoms with van der Waals surface area (Å²) in [5, 5.41) is 21.6. The number of fused-ring (bicyclic) bond motifs is 1. The Hall–Kier alpha value is -3.69. The van der Waals surface area contributed by atoms with Gasteiger partial charge in [0.15, 0.2) is 0 Å². The van der Waals surface area contributed by atoms with Crippen LogP contribution >= 0.6 is 0 Å². The Balaban J connectivity index is 1.50. The summed E-state index contributed by atoms with van der Waals surface area (Å²) in [5.41, 5.74) is 3.91. The van der Waals surface area contributed by atoms with Gasteiger partial charge in [-0.25, -0.2) is 9.78 Å². The van der Waals surface area contributed by atoms with Crippen LogP contribution in [0.3, 0.4) is 0 Å². The average Bonchev–Trinajstić information content (AvgIpc) is 2.90. The number of urea groups is 1. The number of aliphatic hydroxyl groups excluding tert-OH is 2. The van der Waals surface area contributed by atoms with Gasteiger partial charge in [-0.2, -0.15) is 4.98 Å². The van der Waals surface area contributed by atoms with Gasteiger partial charge in [0.05, 0.1) is 25.0 Å². The zero-order valence-corrected chi connectivity index (χ0v) is 20.9. The van der Waals surface area contributed by atoms with E-state index in [0.717, 1.165) is 35.3 Å². The van der Waals surface area contributed by atoms with Gasteiger partial charge in [0, 0.05) is 43.9 Å². The van der Waals surface area contributed by atoms with Crippen molar-refractivity contribution in [1.82, 2.24) is 9.97 Å². The lowest BCUT2D eigenvalue weighted by Crippen LogP contribution is -2.39. The van der Waals surface area contributed by atoms with Gasteiger partial charge in [-0.3, -0.25) is 10.2 Å². The molecule has 0 unspecified atom stereocenters. The predicted octanol–water partition coefficient (Wildman–Crippen LogP) is 3.56. The Bertz CT molecular complexity index is 1200. The molecule has 4 rings (SSSR count). The van der Waals surface area contributed by atoms with Crippen LogP contribution in [0, 0.1) is 5.92 Å². The molecule has 0 spiro atoms. The molecule has 2 amide bonds. The standard InChI is InChI=1S/C27H33N5O4/c1-18(23(34)16-33)17-36-25-11-5-10-24(29-25)30-27(35)32-14-6-8-19-12-13-22(28-26(19)32)20-7-4-9-21(15-20)31(2)3/h4-5,7,9-13,15,18,23,33-34H,6,8,14,16-17H2,1-3H3,(H,29,30,35)/t18-,23-/m1/s1. The van der Waals surface area contributed by atoms with E-state index < -0.39 is 6.10 Å². The van der Waals surface area contributed by atoms with Gasteiger partial charge in [0.25, 0.3) is 0 Å². The van der Waals surface area contributed by atoms with Crippen molar-refractivity contribution in [2.24, 2.45) is 5.92 Å². The van der Waals surface area contributed by atoms with Gasteiger partial charge < -0.3 is 19.8 Å². The maximum atomic E-state index is 13.3. The number of nitrogens with one attached hydrogen (secondary N) is 1. The van der Waals surface area contributed by atoms with Crippen molar-refractivity contribution in [3.63, 3.8) is 0 Å². The Morgan fingerprint density at radius 3 is 2.75 bits per heavy atom. The third-order valence-corrected chi connectivity index (χ3v) is 6.24. The highest BCUT2D eigenvalue weighted by molar-refractivity contribution is 6.01. The number of hydrogen-bond acceptors (Lipinski definition) is 7. The van der Waals surface area contributed by atoms with Gasteiger partial charge in [0.1, 0.15) is 11.6 Å². The average molecular weight is 492 g/mol. The second-order valence-corrected chi connectivity index (χ2v) is 9.21. The van der Waals surface area contributed by atoms with E-state index >= 15 is 0 Å². The molecule has 0 aliphatic carbocycles. The molecule has 3 aromatic rings. The quantitative estimate of drug-likeness (QED) is 0.442. The number of pyridine rings is 2. The molecule has 3 heterocycles. The molecule has 36 heavy (non-hydrogen) atoms. The van der Waals surface area contributed by atoms with Crippen molar-refractivity contribution in [2.75, 3.05) is 49.0 Å². The molecule has 2 aromatic heterocycles. The summed E-state index contributed by atoms with van der Waals surface area (Å²) >= 11 is 0. The Kier molecular flexibility index (Phi) is 8.02. The summed E-state index contributed by atoms with van der Waals surface area (Å²) in [6.07, 6.45) is 0.845. The minimum atomic E-state index is -0.866. The van der Waals surface area contributed by atoms with E-state index in [1.54, 1.807) is 30.0 Å². The first-order chi connectivity index (χ1) is 17.4. The van der Waals surface area contributed by atoms with E-state index in [0.29, 0.717) is 24.1 Å². The maximum absolute atomic E-state index is 13.3. The topological polar surface area (TPSA) is 111 Å². The molecule has 9 nitrogen and oxygen atoms in total. The number of carbonyl (C=O) groups is 1. The van der Waals surface area contributed by atoms with Crippen LogP contribution in [0.2, 0.25) is 0 Å². The van der Waals surface area contributed by atoms with Gasteiger partial charge in [-0.05, 0) is 42.7 Å². The molecular weight excluding hydrogens is 458 g/mol. The second-order valence-electron chi connectivity index (χ2n) is 9.21. The van der Waals surface area contributed by atoms with Gasteiger partial charge in [-0.1, -0.05) is 31.2 Å². The lowest BCUT2D eigenvalue weighted by Gasteiger charge is -2.28. The number of aryl methyl sites for hydroxylation is 1. The molecule has 0 bridgehead atoms. The van der Waals surface area contributed by atoms with Crippen LogP contribution < -0.4 is 19.9 Å². The fraction of sp³-hybridized carbons (Fsp3) is 0.370. The summed E-state index contributed by atoms with van der Waals surface area (Å²) in [6.45, 7) is 2.19. The molecule has 0 fully saturated rings. The Labute approximate surface area is 211 Å². The van der Waals surface area contributed by atoms with Gasteiger partial charge in [-0.15, -0.1) is 0 Å². The highest BCUT2D eigenvalue weighted by atomic mass is 16.5. The third kappa shape index (κ3) is 5.92. The molecule has 1 aliphatic rings. The van der Waals surface area contributed by atoms with E-state index in [9.17, 15) is 9.90 Å². The molecule has 0 saturated carbocycles. The molecule has 2 atom stereocenters. The minimum absolute atomic E-state index is 0.188. The molecule has 1 aliphatic heterocycles. The van der Waals surface area contributed by atoms with Crippen molar-refractivity contribution in [3.8, 4) is 17.1 Å². The summed E-state index contributed by atoms with van der Waals surface area (Å²) in [6, 6.07) is 17.0. The van der Waals surface area contributed by atoms with Crippen LogP contribution in [0.5, 0.6) is 5.88 Å². The molecule has 1 aromatic carbocycles. The lowest BCUT2D eigenvalue weighted by molar-refractivity contribution is 0.0341. The fourth-order valence-electron chi connectivity index (χ4n) is 3.99. The molecule has 0 saturated heterocycles. The fourth-order valence-corrected chi connectivity index (χ4v) is 3.99. The first-order valence-electron chi connectivity index (χ1n) is 12.1. The highest BCUT2D eigenvalue weighted by Gasteiger charge is 2.25. The van der Waals surface area contributed by atoms with E-state index in [4.69, 9.17) is 14.8 Å². The normalized spacial score (nSPS) is 14.5. The van der Waals surface area contributed by atoms with Crippen LogP contribution in [0.1, 0.15) is 18.9 Å². The van der Waals surface area contributed by atoms with E-state index in [1.165, 1.54) is 0 Å². The third-order valence-electron chi connectivity index (χ3n) is 6.24. The van der Waals surface area contributed by atoms with Crippen molar-refractivity contribution in [3.05, 3.63) is 60.2 Å². The zero-order chi connectivity index (χ0) is 25.7. The SMILES string of the molecule is C[C@H](COc1cccc(NC(=O)N2CCCc3ccc(-c4cccc(N(C)C)c4)nc32)n1)[C@H](O)CO. The zero-order valence-electron chi connectivity index (χ0n) is 20.9. The van der Waals surface area contributed by atoms with Crippen molar-refractivity contribution in [1.29, 1.82) is 0 Å². The van der Waals surface area contributed by atoms with Crippen LogP contribution in [-0.2, 0) is 6.42 Å². The number of rotatable bonds is 8. The number of benzene rings is 1. The predicted molar refractivity (Wildman–Crippen MR) is 141 cm³/mol. The monoisotopic (exact) mass is 491 g/mol. The number of nitrogens with zero attached hydrogens (tertiary/aromatic N) is 4. The molecule has 190 valence electrons. The van der Waals surface area contributed by atoms with Crippen LogP contribution in [0.4, 0.5) is 22.1 Å². The number of anilines is 3. The summed E-state index contributed by atoms with van der Waals surface area (Å²) in [7, 11) is 4.00. The van der Waals surface area contributed by atoms with Crippen LogP contribution in [0.15, 0.2) is 54.6 Å². The minimum Gasteiger partial charge on any atom is -0.477 e. The first-order valence-corrected chi connectivity index (χ1v) is 12.1. The second kappa shape index (κ2) is 11.4. The van der Waals surface area contributed by atoms with Crippen LogP contribution in [0.25, 0.3) is 11.3 Å². The lowest BCUT2D eigenvalue weighted by atomic mass is 10.0. The highest BCUT2D eigenvalue weighted by Crippen LogP contribution is 2.30. The largest absolute Gasteiger partial charge is 0.477 e. The number of hydrogen-bond donors (Lipinski definition) is 3. The number of ether oxygens (including phenoxy) is 1. The smallest absolute Gasteiger partial charge is 0.328 e. The number of amides is 2. The molecular formula is C27H33N5O4. The van der Waals surface area contributed by atoms with E-state index in [1.807, 2.05) is 49.3 Å². The van der Waals surface area contributed by atoms with E-state index in [2.05, 4.69) is 16.4 Å². The van der Waals surface area contributed by atoms with Crippen LogP contribution in [-0.4, -0.2) is 66.2 Å². The summed E-state index contributed by atoms with van der Waals surface area (Å²) in [5.74, 6) is 1.07. The van der Waals surface area contributed by atoms with Gasteiger partial charge >= 0.3 is 6.03 Å². The molecule has 9 heteroatoms. The van der Waals surface area contributed by atoms with Crippen molar-refractivity contribution < 1.29 is 19.7 Å². The van der Waals surface area contributed by atoms with Crippen molar-refractivity contribution >= 4 is 23.4 Å². The molecule has 3 N–H and O–H groups in total. The Morgan fingerprint density at radius 2 is 1.97 bits per heavy atom. The number of carbonyl (C=O) groups excluding carboxylic acids is 1. The van der Waals surface area contributed by atoms with Crippen molar-refractivity contribution in [2.45, 2.75) is 25.9 Å². The molecule has 0 radical (unpaired) electrons. The maximum Gasteiger partial charge on any atom is 0.328 e. The first kappa shape index (κ1) is 25.4. The number of aromatic nitrogens is 2. The Morgan fingerprint density at radius 1 is 1.17 bits per heavy atom. The van der Waals surface area contributed by atoms with E-state index in [-0.39, 0.29) is 25.2 Å². The summed E-state index contributed by atoms with van der Waals surface area (Å²) in [4.78, 5) is 26.2. The number of aliphatic hydroxyl groups is 2.